The van der Waals surface area contributed by atoms with Crippen LogP contribution in [0.1, 0.15) is 0 Å². The summed E-state index contributed by atoms with van der Waals surface area (Å²) in [6.07, 6.45) is 0. The number of para-hydroxylation sites is 2. The average Bonchev–Trinajstić information content (AvgIpc) is 2.84. The van der Waals surface area contributed by atoms with Gasteiger partial charge in [0.05, 0.1) is 0 Å². The van der Waals surface area contributed by atoms with Crippen LogP contribution < -0.4 is 9.88 Å². The molecular weight excluding hydrogens is 378 g/mol. The third-order valence-electron chi connectivity index (χ3n) is 5.65. The molecule has 3 heteroatoms. The maximum Gasteiger partial charge on any atom is 0.239 e. The molecule has 3 nitrogen and oxygen atoms in total. The number of fused-ring (bicyclic) bond motifs is 4. The summed E-state index contributed by atoms with van der Waals surface area (Å²) in [5.41, 5.74) is 7.35. The van der Waals surface area contributed by atoms with E-state index < -0.39 is 0 Å². The molecule has 1 heterocycles. The maximum absolute atomic E-state index is 5.09. The van der Waals surface area contributed by atoms with E-state index in [4.69, 9.17) is 4.98 Å². The van der Waals surface area contributed by atoms with Gasteiger partial charge in [0.15, 0.2) is 0 Å². The minimum atomic E-state index is 0.964. The number of aromatic nitrogens is 2. The third kappa shape index (κ3) is 3.08. The first kappa shape index (κ1) is 17.6. The summed E-state index contributed by atoms with van der Waals surface area (Å²) in [5.74, 6) is 0. The maximum atomic E-state index is 5.09. The Morgan fingerprint density at radius 3 is 2.16 bits per heavy atom. The molecule has 0 fully saturated rings. The van der Waals surface area contributed by atoms with Crippen LogP contribution in [0.5, 0.6) is 0 Å². The van der Waals surface area contributed by atoms with Gasteiger partial charge in [0.25, 0.3) is 0 Å². The third-order valence-corrected chi connectivity index (χ3v) is 5.65. The van der Waals surface area contributed by atoms with Gasteiger partial charge < -0.3 is 5.32 Å². The van der Waals surface area contributed by atoms with Crippen molar-refractivity contribution in [1.82, 2.24) is 4.98 Å². The molecule has 0 radical (unpaired) electrons. The van der Waals surface area contributed by atoms with Gasteiger partial charge >= 0.3 is 0 Å². The van der Waals surface area contributed by atoms with E-state index in [1.165, 1.54) is 5.39 Å². The minimum absolute atomic E-state index is 0.964. The zero-order valence-corrected chi connectivity index (χ0v) is 16.9. The summed E-state index contributed by atoms with van der Waals surface area (Å²) in [6.45, 7) is 0. The predicted molar refractivity (Wildman–Crippen MR) is 128 cm³/mol. The average molecular weight is 398 g/mol. The molecule has 0 atom stereocenters. The summed E-state index contributed by atoms with van der Waals surface area (Å²) in [5, 5.41) is 5.87. The van der Waals surface area contributed by atoms with Gasteiger partial charge in [-0.2, -0.15) is 0 Å². The zero-order valence-electron chi connectivity index (χ0n) is 16.9. The van der Waals surface area contributed by atoms with Crippen molar-refractivity contribution in [3.8, 4) is 5.69 Å². The number of anilines is 2. The van der Waals surface area contributed by atoms with Crippen LogP contribution in [-0.4, -0.2) is 4.98 Å². The molecule has 146 valence electrons. The summed E-state index contributed by atoms with van der Waals surface area (Å²) >= 11 is 0. The Morgan fingerprint density at radius 2 is 1.32 bits per heavy atom. The smallest absolute Gasteiger partial charge is 0.239 e. The Morgan fingerprint density at radius 1 is 0.581 bits per heavy atom. The zero-order chi connectivity index (χ0) is 20.6. The van der Waals surface area contributed by atoms with Gasteiger partial charge in [-0.15, -0.1) is 4.57 Å². The van der Waals surface area contributed by atoms with Gasteiger partial charge in [-0.1, -0.05) is 60.7 Å². The highest BCUT2D eigenvalue weighted by Gasteiger charge is 2.21. The van der Waals surface area contributed by atoms with E-state index in [-0.39, 0.29) is 0 Å². The molecule has 0 amide bonds. The second kappa shape index (κ2) is 7.22. The van der Waals surface area contributed by atoms with Crippen LogP contribution in [-0.2, 0) is 0 Å². The Hall–Kier alpha value is -4.24. The highest BCUT2D eigenvalue weighted by Crippen LogP contribution is 2.27. The van der Waals surface area contributed by atoms with Gasteiger partial charge in [-0.3, -0.25) is 0 Å². The fourth-order valence-electron chi connectivity index (χ4n) is 4.21. The van der Waals surface area contributed by atoms with Gasteiger partial charge in [-0.05, 0) is 35.7 Å². The molecule has 0 saturated carbocycles. The van der Waals surface area contributed by atoms with Crippen molar-refractivity contribution >= 4 is 44.2 Å². The Balaban J connectivity index is 1.67. The van der Waals surface area contributed by atoms with Crippen LogP contribution in [0, 0.1) is 0 Å². The second-order valence-electron chi connectivity index (χ2n) is 7.63. The van der Waals surface area contributed by atoms with Crippen LogP contribution in [0.25, 0.3) is 38.5 Å². The Labute approximate surface area is 180 Å². The van der Waals surface area contributed by atoms with Crippen molar-refractivity contribution in [3.05, 3.63) is 115 Å². The number of hydrogen-bond acceptors (Lipinski definition) is 2. The molecule has 6 aromatic rings. The minimum Gasteiger partial charge on any atom is -0.355 e. The molecule has 1 N–H and O–H groups in total. The summed E-state index contributed by atoms with van der Waals surface area (Å²) in [6, 6.07) is 39.9. The quantitative estimate of drug-likeness (QED) is 0.208. The normalized spacial score (nSPS) is 11.2. The standard InChI is InChI=1S/C28H19N3/c1-3-10-21(11-4-1)29-22-16-17-25-27(19-22)31(23-12-5-2-6-13-23)26-18-15-20-9-7-8-14-24(20)28(26)30-25/h1-19H/p+1. The van der Waals surface area contributed by atoms with Crippen molar-refractivity contribution in [2.24, 2.45) is 0 Å². The van der Waals surface area contributed by atoms with E-state index >= 15 is 0 Å². The molecule has 0 aliphatic heterocycles. The van der Waals surface area contributed by atoms with Crippen LogP contribution in [0.3, 0.4) is 0 Å². The van der Waals surface area contributed by atoms with Crippen LogP contribution in [0.4, 0.5) is 11.4 Å². The first-order valence-corrected chi connectivity index (χ1v) is 10.4. The molecule has 0 aliphatic rings. The molecule has 0 bridgehead atoms. The highest BCUT2D eigenvalue weighted by atomic mass is 15.0. The van der Waals surface area contributed by atoms with Crippen LogP contribution in [0.2, 0.25) is 0 Å². The number of hydrogen-bond donors (Lipinski definition) is 1. The van der Waals surface area contributed by atoms with E-state index in [0.29, 0.717) is 0 Å². The molecule has 0 spiro atoms. The molecule has 0 aliphatic carbocycles. The molecule has 0 unspecified atom stereocenters. The second-order valence-corrected chi connectivity index (χ2v) is 7.63. The number of benzene rings is 5. The Kier molecular flexibility index (Phi) is 4.10. The van der Waals surface area contributed by atoms with E-state index in [1.807, 2.05) is 24.3 Å². The fraction of sp³-hybridized carbons (Fsp3) is 0. The van der Waals surface area contributed by atoms with E-state index in [2.05, 4.69) is 101 Å². The van der Waals surface area contributed by atoms with Gasteiger partial charge in [-0.25, -0.2) is 4.98 Å². The summed E-state index contributed by atoms with van der Waals surface area (Å²) in [7, 11) is 0. The highest BCUT2D eigenvalue weighted by molar-refractivity contribution is 6.04. The first-order valence-electron chi connectivity index (χ1n) is 10.4. The molecule has 1 aromatic heterocycles. The van der Waals surface area contributed by atoms with Gasteiger partial charge in [0.2, 0.25) is 16.7 Å². The molecule has 31 heavy (non-hydrogen) atoms. The van der Waals surface area contributed by atoms with Crippen molar-refractivity contribution in [1.29, 1.82) is 0 Å². The largest absolute Gasteiger partial charge is 0.355 e. The lowest BCUT2D eigenvalue weighted by atomic mass is 10.1. The van der Waals surface area contributed by atoms with Crippen molar-refractivity contribution < 1.29 is 4.57 Å². The molecular formula is C28H20N3+. The summed E-state index contributed by atoms with van der Waals surface area (Å²) in [4.78, 5) is 5.09. The van der Waals surface area contributed by atoms with Crippen molar-refractivity contribution in [2.75, 3.05) is 5.32 Å². The molecule has 5 aromatic carbocycles. The van der Waals surface area contributed by atoms with Gasteiger partial charge in [0.1, 0.15) is 11.0 Å². The fourth-order valence-corrected chi connectivity index (χ4v) is 4.21. The predicted octanol–water partition coefficient (Wildman–Crippen LogP) is 6.56. The lowest BCUT2D eigenvalue weighted by molar-refractivity contribution is -0.538. The van der Waals surface area contributed by atoms with Crippen LogP contribution in [0.15, 0.2) is 115 Å². The van der Waals surface area contributed by atoms with E-state index in [0.717, 1.165) is 44.5 Å². The monoisotopic (exact) mass is 398 g/mol. The lowest BCUT2D eigenvalue weighted by Crippen LogP contribution is -2.33. The Bertz CT molecular complexity index is 1540. The molecule has 6 rings (SSSR count). The lowest BCUT2D eigenvalue weighted by Gasteiger charge is -2.10. The SMILES string of the molecule is c1ccc(Nc2ccc3nc4c5ccccc5ccc4[n+](-c4ccccc4)c3c2)cc1. The summed E-state index contributed by atoms with van der Waals surface area (Å²) < 4.78 is 2.31. The van der Waals surface area contributed by atoms with E-state index in [9.17, 15) is 0 Å². The number of rotatable bonds is 3. The van der Waals surface area contributed by atoms with Crippen molar-refractivity contribution in [2.45, 2.75) is 0 Å². The number of nitrogens with one attached hydrogen (secondary N) is 1. The van der Waals surface area contributed by atoms with Crippen LogP contribution >= 0.6 is 0 Å². The number of nitrogens with zero attached hydrogens (tertiary/aromatic N) is 2. The topological polar surface area (TPSA) is 28.8 Å². The van der Waals surface area contributed by atoms with Crippen molar-refractivity contribution in [3.63, 3.8) is 0 Å². The molecule has 0 saturated heterocycles. The van der Waals surface area contributed by atoms with Gasteiger partial charge in [0, 0.05) is 41.0 Å². The van der Waals surface area contributed by atoms with E-state index in [1.54, 1.807) is 0 Å². The first-order chi connectivity index (χ1) is 15.4.